The number of rotatable bonds is 6. The number of carbonyl (C=O) groups excluding carboxylic acids is 1. The second kappa shape index (κ2) is 7.96. The summed E-state index contributed by atoms with van der Waals surface area (Å²) in [6.07, 6.45) is 3.57. The van der Waals surface area contributed by atoms with Gasteiger partial charge in [-0.2, -0.15) is 11.8 Å². The summed E-state index contributed by atoms with van der Waals surface area (Å²) in [7, 11) is 0. The van der Waals surface area contributed by atoms with Gasteiger partial charge in [-0.3, -0.25) is 4.79 Å². The molecule has 1 atom stereocenters. The van der Waals surface area contributed by atoms with E-state index in [2.05, 4.69) is 24.5 Å². The summed E-state index contributed by atoms with van der Waals surface area (Å²) in [6.45, 7) is 5.54. The first-order valence-corrected chi connectivity index (χ1v) is 7.45. The molecule has 0 aliphatic carbocycles. The molecule has 0 bridgehead atoms. The zero-order chi connectivity index (χ0) is 11.8. The van der Waals surface area contributed by atoms with Gasteiger partial charge in [0.15, 0.2) is 0 Å². The van der Waals surface area contributed by atoms with Crippen molar-refractivity contribution < 1.29 is 4.79 Å². The predicted molar refractivity (Wildman–Crippen MR) is 70.8 cm³/mol. The van der Waals surface area contributed by atoms with Gasteiger partial charge in [0.25, 0.3) is 0 Å². The third kappa shape index (κ3) is 5.75. The van der Waals surface area contributed by atoms with Crippen molar-refractivity contribution in [3.05, 3.63) is 0 Å². The van der Waals surface area contributed by atoms with E-state index < -0.39 is 0 Å². The van der Waals surface area contributed by atoms with Gasteiger partial charge in [0.1, 0.15) is 0 Å². The number of amides is 1. The van der Waals surface area contributed by atoms with Crippen LogP contribution in [0.25, 0.3) is 0 Å². The Bertz CT molecular complexity index is 205. The highest BCUT2D eigenvalue weighted by Crippen LogP contribution is 2.21. The van der Waals surface area contributed by atoms with Gasteiger partial charge in [-0.1, -0.05) is 6.92 Å². The van der Waals surface area contributed by atoms with Crippen molar-refractivity contribution in [3.63, 3.8) is 0 Å². The summed E-state index contributed by atoms with van der Waals surface area (Å²) >= 11 is 2.03. The Hall–Kier alpha value is -0.220. The minimum absolute atomic E-state index is 0.138. The molecule has 1 saturated heterocycles. The minimum Gasteiger partial charge on any atom is -0.355 e. The van der Waals surface area contributed by atoms with E-state index in [1.165, 1.54) is 24.3 Å². The first-order chi connectivity index (χ1) is 7.72. The highest BCUT2D eigenvalue weighted by Gasteiger charge is 2.14. The largest absolute Gasteiger partial charge is 0.355 e. The monoisotopic (exact) mass is 244 g/mol. The number of carbonyl (C=O) groups is 1. The number of thioether (sulfide) groups is 1. The van der Waals surface area contributed by atoms with Crippen LogP contribution in [-0.2, 0) is 4.79 Å². The van der Waals surface area contributed by atoms with Gasteiger partial charge in [-0.25, -0.2) is 0 Å². The van der Waals surface area contributed by atoms with Crippen LogP contribution in [0.4, 0.5) is 0 Å². The molecule has 1 aliphatic heterocycles. The lowest BCUT2D eigenvalue weighted by Crippen LogP contribution is -2.40. The van der Waals surface area contributed by atoms with Crippen LogP contribution in [0.15, 0.2) is 0 Å². The number of nitrogens with one attached hydrogen (secondary N) is 2. The fraction of sp³-hybridized carbons (Fsp3) is 0.917. The van der Waals surface area contributed by atoms with Crippen LogP contribution < -0.4 is 10.6 Å². The highest BCUT2D eigenvalue weighted by molar-refractivity contribution is 7.99. The third-order valence-electron chi connectivity index (χ3n) is 3.15. The van der Waals surface area contributed by atoms with Crippen LogP contribution in [0.5, 0.6) is 0 Å². The summed E-state index contributed by atoms with van der Waals surface area (Å²) in [5.74, 6) is 3.35. The molecule has 1 rings (SSSR count). The van der Waals surface area contributed by atoms with Gasteiger partial charge in [0.05, 0.1) is 6.54 Å². The van der Waals surface area contributed by atoms with E-state index in [0.717, 1.165) is 13.0 Å². The van der Waals surface area contributed by atoms with E-state index in [0.29, 0.717) is 18.5 Å². The van der Waals surface area contributed by atoms with Crippen molar-refractivity contribution in [2.24, 2.45) is 5.92 Å². The number of hydrogen-bond acceptors (Lipinski definition) is 3. The molecular weight excluding hydrogens is 220 g/mol. The van der Waals surface area contributed by atoms with Crippen molar-refractivity contribution in [3.8, 4) is 0 Å². The van der Waals surface area contributed by atoms with Gasteiger partial charge < -0.3 is 10.6 Å². The first kappa shape index (κ1) is 13.8. The van der Waals surface area contributed by atoms with E-state index in [-0.39, 0.29) is 5.91 Å². The van der Waals surface area contributed by atoms with Crippen LogP contribution in [0.2, 0.25) is 0 Å². The molecule has 1 heterocycles. The second-order valence-corrected chi connectivity index (χ2v) is 5.77. The summed E-state index contributed by atoms with van der Waals surface area (Å²) in [5, 5.41) is 6.22. The van der Waals surface area contributed by atoms with Gasteiger partial charge in [0.2, 0.25) is 5.91 Å². The standard InChI is InChI=1S/C12H24N2OS/c1-3-10(2)13-9-12(15)14-8-11-4-6-16-7-5-11/h10-11,13H,3-9H2,1-2H3,(H,14,15). The molecule has 3 nitrogen and oxygen atoms in total. The van der Waals surface area contributed by atoms with Crippen molar-refractivity contribution in [2.45, 2.75) is 39.2 Å². The lowest BCUT2D eigenvalue weighted by molar-refractivity contribution is -0.120. The highest BCUT2D eigenvalue weighted by atomic mass is 32.2. The van der Waals surface area contributed by atoms with Crippen molar-refractivity contribution in [1.29, 1.82) is 0 Å². The van der Waals surface area contributed by atoms with Crippen LogP contribution >= 0.6 is 11.8 Å². The summed E-state index contributed by atoms with van der Waals surface area (Å²) in [5.41, 5.74) is 0. The molecule has 16 heavy (non-hydrogen) atoms. The molecule has 0 radical (unpaired) electrons. The second-order valence-electron chi connectivity index (χ2n) is 4.55. The molecule has 0 aromatic carbocycles. The molecule has 1 aliphatic rings. The molecule has 2 N–H and O–H groups in total. The summed E-state index contributed by atoms with van der Waals surface area (Å²) in [6, 6.07) is 0.428. The van der Waals surface area contributed by atoms with E-state index in [4.69, 9.17) is 0 Å². The Kier molecular flexibility index (Phi) is 6.88. The van der Waals surface area contributed by atoms with E-state index >= 15 is 0 Å². The fourth-order valence-corrected chi connectivity index (χ4v) is 2.89. The van der Waals surface area contributed by atoms with Crippen LogP contribution in [0, 0.1) is 5.92 Å². The van der Waals surface area contributed by atoms with Crippen molar-refractivity contribution in [1.82, 2.24) is 10.6 Å². The minimum atomic E-state index is 0.138. The predicted octanol–water partition coefficient (Wildman–Crippen LogP) is 1.63. The van der Waals surface area contributed by atoms with Crippen LogP contribution in [0.3, 0.4) is 0 Å². The quantitative estimate of drug-likeness (QED) is 0.746. The topological polar surface area (TPSA) is 41.1 Å². The lowest BCUT2D eigenvalue weighted by Gasteiger charge is -2.21. The smallest absolute Gasteiger partial charge is 0.233 e. The maximum atomic E-state index is 11.5. The molecule has 0 spiro atoms. The maximum Gasteiger partial charge on any atom is 0.233 e. The molecular formula is C12H24N2OS. The summed E-state index contributed by atoms with van der Waals surface area (Å²) < 4.78 is 0. The van der Waals surface area contributed by atoms with Crippen molar-refractivity contribution in [2.75, 3.05) is 24.6 Å². The molecule has 1 fully saturated rings. The number of hydrogen-bond donors (Lipinski definition) is 2. The molecule has 0 saturated carbocycles. The molecule has 0 aromatic rings. The van der Waals surface area contributed by atoms with Gasteiger partial charge in [-0.15, -0.1) is 0 Å². The molecule has 1 unspecified atom stereocenters. The Labute approximate surface area is 103 Å². The summed E-state index contributed by atoms with van der Waals surface area (Å²) in [4.78, 5) is 11.5. The Balaban J connectivity index is 2.05. The molecule has 1 amide bonds. The SMILES string of the molecule is CCC(C)NCC(=O)NCC1CCSCC1. The Morgan fingerprint density at radius 3 is 2.75 bits per heavy atom. The third-order valence-corrected chi connectivity index (χ3v) is 4.20. The maximum absolute atomic E-state index is 11.5. The lowest BCUT2D eigenvalue weighted by atomic mass is 10.0. The van der Waals surface area contributed by atoms with E-state index in [1.54, 1.807) is 0 Å². The van der Waals surface area contributed by atoms with E-state index in [9.17, 15) is 4.79 Å². The van der Waals surface area contributed by atoms with Gasteiger partial charge in [-0.05, 0) is 43.6 Å². The molecule has 0 aromatic heterocycles. The van der Waals surface area contributed by atoms with Crippen LogP contribution in [0.1, 0.15) is 33.1 Å². The average molecular weight is 244 g/mol. The Morgan fingerprint density at radius 1 is 1.44 bits per heavy atom. The van der Waals surface area contributed by atoms with Gasteiger partial charge in [0, 0.05) is 12.6 Å². The zero-order valence-corrected chi connectivity index (χ0v) is 11.2. The van der Waals surface area contributed by atoms with Crippen molar-refractivity contribution >= 4 is 17.7 Å². The van der Waals surface area contributed by atoms with Crippen LogP contribution in [-0.4, -0.2) is 36.5 Å². The Morgan fingerprint density at radius 2 is 2.12 bits per heavy atom. The molecule has 4 heteroatoms. The fourth-order valence-electron chi connectivity index (χ4n) is 1.68. The molecule has 94 valence electrons. The average Bonchev–Trinajstić information content (AvgIpc) is 2.34. The van der Waals surface area contributed by atoms with E-state index in [1.807, 2.05) is 11.8 Å². The van der Waals surface area contributed by atoms with Gasteiger partial charge >= 0.3 is 0 Å². The zero-order valence-electron chi connectivity index (χ0n) is 10.4. The first-order valence-electron chi connectivity index (χ1n) is 6.30. The normalized spacial score (nSPS) is 19.4.